The molecule has 2 N–H and O–H groups in total. The van der Waals surface area contributed by atoms with Crippen LogP contribution in [0.3, 0.4) is 0 Å². The van der Waals surface area contributed by atoms with Crippen molar-refractivity contribution in [3.63, 3.8) is 0 Å². The maximum absolute atomic E-state index is 13.0. The van der Waals surface area contributed by atoms with Crippen LogP contribution in [0.25, 0.3) is 11.3 Å². The number of carbonyl (C=O) groups is 2. The second-order valence-electron chi connectivity index (χ2n) is 7.76. The minimum atomic E-state index is -0.444. The summed E-state index contributed by atoms with van der Waals surface area (Å²) in [6.07, 6.45) is 3.82. The fourth-order valence-corrected chi connectivity index (χ4v) is 5.21. The minimum absolute atomic E-state index is 0.113. The van der Waals surface area contributed by atoms with Crippen LogP contribution in [-0.2, 0) is 17.6 Å². The first-order valence-electron chi connectivity index (χ1n) is 11.0. The highest BCUT2D eigenvalue weighted by molar-refractivity contribution is 7.17. The SMILES string of the molecule is COCCNC(=O)c1c(NC(=O)c2cc(-c3ccc(OC)c(OC)c3)on2)sc2c1CCCC2. The Labute approximate surface area is 201 Å². The number of carbonyl (C=O) groups excluding carboxylic acids is 2. The van der Waals surface area contributed by atoms with E-state index >= 15 is 0 Å². The van der Waals surface area contributed by atoms with Crippen molar-refractivity contribution in [1.29, 1.82) is 0 Å². The molecule has 0 bridgehead atoms. The van der Waals surface area contributed by atoms with Crippen LogP contribution in [0.15, 0.2) is 28.8 Å². The van der Waals surface area contributed by atoms with E-state index in [0.717, 1.165) is 36.1 Å². The molecule has 0 radical (unpaired) electrons. The molecular formula is C24H27N3O6S. The fraction of sp³-hybridized carbons (Fsp3) is 0.375. The average molecular weight is 486 g/mol. The molecule has 0 atom stereocenters. The van der Waals surface area contributed by atoms with E-state index in [2.05, 4.69) is 15.8 Å². The van der Waals surface area contributed by atoms with Crippen LogP contribution in [0.1, 0.15) is 44.1 Å². The smallest absolute Gasteiger partial charge is 0.278 e. The topological polar surface area (TPSA) is 112 Å². The summed E-state index contributed by atoms with van der Waals surface area (Å²) in [6, 6.07) is 6.85. The lowest BCUT2D eigenvalue weighted by atomic mass is 9.95. The van der Waals surface area contributed by atoms with Gasteiger partial charge in [0.25, 0.3) is 11.8 Å². The molecule has 34 heavy (non-hydrogen) atoms. The van der Waals surface area contributed by atoms with E-state index in [0.29, 0.717) is 46.5 Å². The number of hydrogen-bond acceptors (Lipinski definition) is 8. The van der Waals surface area contributed by atoms with Crippen molar-refractivity contribution in [3.8, 4) is 22.8 Å². The number of methoxy groups -OCH3 is 3. The second kappa shape index (κ2) is 10.7. The molecule has 10 heteroatoms. The number of anilines is 1. The first-order chi connectivity index (χ1) is 16.5. The van der Waals surface area contributed by atoms with Crippen LogP contribution in [0, 0.1) is 0 Å². The third-order valence-electron chi connectivity index (χ3n) is 5.63. The van der Waals surface area contributed by atoms with Gasteiger partial charge in [-0.05, 0) is 49.4 Å². The number of ether oxygens (including phenoxy) is 3. The Bertz CT molecular complexity index is 1190. The summed E-state index contributed by atoms with van der Waals surface area (Å²) in [5, 5.41) is 10.2. The van der Waals surface area contributed by atoms with Crippen LogP contribution >= 0.6 is 11.3 Å². The third-order valence-corrected chi connectivity index (χ3v) is 6.84. The zero-order chi connectivity index (χ0) is 24.1. The Morgan fingerprint density at radius 3 is 2.62 bits per heavy atom. The Morgan fingerprint density at radius 1 is 1.06 bits per heavy atom. The largest absolute Gasteiger partial charge is 0.493 e. The summed E-state index contributed by atoms with van der Waals surface area (Å²) in [6.45, 7) is 0.808. The third kappa shape index (κ3) is 4.92. The number of aryl methyl sites for hydroxylation is 1. The maximum Gasteiger partial charge on any atom is 0.278 e. The van der Waals surface area contributed by atoms with E-state index in [1.165, 1.54) is 11.3 Å². The number of nitrogens with zero attached hydrogens (tertiary/aromatic N) is 1. The summed E-state index contributed by atoms with van der Waals surface area (Å²) in [4.78, 5) is 27.1. The molecule has 0 fully saturated rings. The molecule has 3 aromatic rings. The maximum atomic E-state index is 13.0. The lowest BCUT2D eigenvalue weighted by molar-refractivity contribution is 0.0937. The van der Waals surface area contributed by atoms with Gasteiger partial charge in [-0.15, -0.1) is 11.3 Å². The van der Waals surface area contributed by atoms with Crippen molar-refractivity contribution in [3.05, 3.63) is 46.0 Å². The molecule has 2 aromatic heterocycles. The molecular weight excluding hydrogens is 458 g/mol. The van der Waals surface area contributed by atoms with Gasteiger partial charge in [0.05, 0.1) is 26.4 Å². The van der Waals surface area contributed by atoms with E-state index in [-0.39, 0.29) is 11.6 Å². The van der Waals surface area contributed by atoms with Crippen molar-refractivity contribution in [1.82, 2.24) is 10.5 Å². The monoisotopic (exact) mass is 485 g/mol. The molecule has 2 heterocycles. The number of aromatic nitrogens is 1. The molecule has 180 valence electrons. The van der Waals surface area contributed by atoms with Gasteiger partial charge in [0.2, 0.25) is 0 Å². The van der Waals surface area contributed by atoms with Gasteiger partial charge < -0.3 is 29.4 Å². The Hall–Kier alpha value is -3.37. The molecule has 9 nitrogen and oxygen atoms in total. The lowest BCUT2D eigenvalue weighted by Crippen LogP contribution is -2.28. The first-order valence-corrected chi connectivity index (χ1v) is 11.8. The van der Waals surface area contributed by atoms with Crippen LogP contribution in [-0.4, -0.2) is 51.5 Å². The van der Waals surface area contributed by atoms with E-state index in [1.807, 2.05) is 0 Å². The zero-order valence-corrected chi connectivity index (χ0v) is 20.2. The molecule has 4 rings (SSSR count). The van der Waals surface area contributed by atoms with Gasteiger partial charge in [-0.25, -0.2) is 0 Å². The van der Waals surface area contributed by atoms with Crippen LogP contribution in [0.4, 0.5) is 5.00 Å². The van der Waals surface area contributed by atoms with Gasteiger partial charge in [0.15, 0.2) is 23.0 Å². The average Bonchev–Trinajstić information content (AvgIpc) is 3.49. The van der Waals surface area contributed by atoms with Gasteiger partial charge >= 0.3 is 0 Å². The molecule has 1 aromatic carbocycles. The lowest BCUT2D eigenvalue weighted by Gasteiger charge is -2.13. The number of nitrogens with one attached hydrogen (secondary N) is 2. The Morgan fingerprint density at radius 2 is 1.85 bits per heavy atom. The molecule has 0 spiro atoms. The van der Waals surface area contributed by atoms with Crippen molar-refractivity contribution >= 4 is 28.2 Å². The highest BCUT2D eigenvalue weighted by Crippen LogP contribution is 2.38. The number of hydrogen-bond donors (Lipinski definition) is 2. The molecule has 1 aliphatic carbocycles. The first kappa shape index (κ1) is 23.8. The van der Waals surface area contributed by atoms with Gasteiger partial charge in [-0.2, -0.15) is 0 Å². The van der Waals surface area contributed by atoms with E-state index in [9.17, 15) is 9.59 Å². The summed E-state index contributed by atoms with van der Waals surface area (Å²) in [7, 11) is 4.69. The number of rotatable bonds is 9. The van der Waals surface area contributed by atoms with Crippen LogP contribution in [0.5, 0.6) is 11.5 Å². The molecule has 0 unspecified atom stereocenters. The summed E-state index contributed by atoms with van der Waals surface area (Å²) >= 11 is 1.45. The van der Waals surface area contributed by atoms with Crippen molar-refractivity contribution < 1.29 is 28.3 Å². The number of fused-ring (bicyclic) bond motifs is 1. The standard InChI is InChI=1S/C24H27N3O6S/c1-30-11-10-25-23(29)21-15-6-4-5-7-20(15)34-24(21)26-22(28)16-13-18(33-27-16)14-8-9-17(31-2)19(12-14)32-3/h8-9,12-13H,4-7,10-11H2,1-3H3,(H,25,29)(H,26,28). The quantitative estimate of drug-likeness (QED) is 0.442. The van der Waals surface area contributed by atoms with Gasteiger partial charge in [0, 0.05) is 30.2 Å². The fourth-order valence-electron chi connectivity index (χ4n) is 3.92. The second-order valence-corrected chi connectivity index (χ2v) is 8.87. The van der Waals surface area contributed by atoms with Crippen molar-refractivity contribution in [2.45, 2.75) is 25.7 Å². The molecule has 1 aliphatic rings. The molecule has 0 aliphatic heterocycles. The van der Waals surface area contributed by atoms with Gasteiger partial charge in [-0.1, -0.05) is 5.16 Å². The van der Waals surface area contributed by atoms with Gasteiger partial charge in [-0.3, -0.25) is 9.59 Å². The zero-order valence-electron chi connectivity index (χ0n) is 19.4. The molecule has 0 saturated heterocycles. The number of benzene rings is 1. The van der Waals surface area contributed by atoms with Crippen molar-refractivity contribution in [2.75, 3.05) is 39.8 Å². The van der Waals surface area contributed by atoms with Crippen LogP contribution in [0.2, 0.25) is 0 Å². The summed E-state index contributed by atoms with van der Waals surface area (Å²) < 4.78 is 21.0. The molecule has 0 saturated carbocycles. The summed E-state index contributed by atoms with van der Waals surface area (Å²) in [5.74, 6) is 0.879. The predicted molar refractivity (Wildman–Crippen MR) is 128 cm³/mol. The summed E-state index contributed by atoms with van der Waals surface area (Å²) in [5.41, 5.74) is 2.36. The highest BCUT2D eigenvalue weighted by Gasteiger charge is 2.27. The normalized spacial score (nSPS) is 12.7. The van der Waals surface area contributed by atoms with Gasteiger partial charge in [0.1, 0.15) is 5.00 Å². The van der Waals surface area contributed by atoms with E-state index in [4.69, 9.17) is 18.7 Å². The van der Waals surface area contributed by atoms with E-state index in [1.54, 1.807) is 45.6 Å². The number of thiophene rings is 1. The van der Waals surface area contributed by atoms with Crippen LogP contribution < -0.4 is 20.1 Å². The number of amides is 2. The Balaban J connectivity index is 1.56. The van der Waals surface area contributed by atoms with E-state index < -0.39 is 5.91 Å². The Kier molecular flexibility index (Phi) is 7.49. The highest BCUT2D eigenvalue weighted by atomic mass is 32.1. The molecule has 2 amide bonds. The van der Waals surface area contributed by atoms with Crippen molar-refractivity contribution in [2.24, 2.45) is 0 Å². The predicted octanol–water partition coefficient (Wildman–Crippen LogP) is 3.93. The minimum Gasteiger partial charge on any atom is -0.493 e.